The fourth-order valence-corrected chi connectivity index (χ4v) is 17.4. The van der Waals surface area contributed by atoms with E-state index in [1.54, 1.807) is 12.7 Å². The highest BCUT2D eigenvalue weighted by Crippen LogP contribution is 2.67. The summed E-state index contributed by atoms with van der Waals surface area (Å²) in [7, 11) is -0.914. The van der Waals surface area contributed by atoms with Gasteiger partial charge in [0.05, 0.1) is 18.6 Å². The lowest BCUT2D eigenvalue weighted by atomic mass is 9.47. The average Bonchev–Trinajstić information content (AvgIpc) is 3.52. The highest BCUT2D eigenvalue weighted by Gasteiger charge is 2.60. The molecule has 3 saturated carbocycles. The summed E-state index contributed by atoms with van der Waals surface area (Å²) in [5, 5.41) is 2.74. The summed E-state index contributed by atoms with van der Waals surface area (Å²) in [6.45, 7) is 19.6. The molecule has 54 heavy (non-hydrogen) atoms. The number of fused-ring (bicyclic) bond motifs is 5. The van der Waals surface area contributed by atoms with Gasteiger partial charge in [0.1, 0.15) is 6.79 Å². The zero-order chi connectivity index (χ0) is 38.7. The van der Waals surface area contributed by atoms with Gasteiger partial charge in [-0.05, 0) is 127 Å². The Labute approximate surface area is 329 Å². The number of methoxy groups -OCH3 is 1. The number of rotatable bonds is 15. The minimum atomic E-state index is -2.61. The van der Waals surface area contributed by atoms with Gasteiger partial charge in [-0.3, -0.25) is 4.79 Å². The van der Waals surface area contributed by atoms with E-state index in [1.807, 2.05) is 6.92 Å². The minimum absolute atomic E-state index is 0.0180. The highest BCUT2D eigenvalue weighted by atomic mass is 28.4. The van der Waals surface area contributed by atoms with Crippen LogP contribution in [0.25, 0.3) is 0 Å². The van der Waals surface area contributed by atoms with E-state index in [4.69, 9.17) is 18.6 Å². The van der Waals surface area contributed by atoms with E-state index in [9.17, 15) is 4.79 Å². The molecule has 0 radical (unpaired) electrons. The lowest BCUT2D eigenvalue weighted by molar-refractivity contribution is -0.154. The van der Waals surface area contributed by atoms with Crippen molar-refractivity contribution in [1.82, 2.24) is 0 Å². The fourth-order valence-electron chi connectivity index (χ4n) is 12.6. The molecule has 0 saturated heterocycles. The molecule has 3 fully saturated rings. The van der Waals surface area contributed by atoms with Crippen LogP contribution in [0, 0.1) is 46.3 Å². The smallest absolute Gasteiger partial charge is 0.309 e. The largest absolute Gasteiger partial charge is 0.466 e. The highest BCUT2D eigenvalue weighted by molar-refractivity contribution is 6.99. The predicted molar refractivity (Wildman–Crippen MR) is 223 cm³/mol. The number of hydrogen-bond acceptors (Lipinski definition) is 5. The van der Waals surface area contributed by atoms with Crippen molar-refractivity contribution in [1.29, 1.82) is 0 Å². The Morgan fingerprint density at radius 2 is 1.57 bits per heavy atom. The van der Waals surface area contributed by atoms with Crippen LogP contribution >= 0.6 is 0 Å². The maximum atomic E-state index is 13.0. The normalized spacial score (nSPS) is 31.4. The van der Waals surface area contributed by atoms with E-state index < -0.39 is 8.32 Å². The van der Waals surface area contributed by atoms with Crippen LogP contribution in [-0.2, 0) is 23.4 Å². The SMILES string of the molecule is CCC[C@@H](C[C@H](OCOC)[C@@H](C)[C@H]1CC[C@H]2[C@@H]3CC=C4C[C@@H](O[Si](c5ccccc5)(c5ccccc5)C(C)(C)C)CC[C@]4(C)[C@H]3CC[C@]12C)C(=O)OCC. The molecular formula is C48H72O5Si. The second-order valence-electron chi connectivity index (χ2n) is 19.1. The van der Waals surface area contributed by atoms with Gasteiger partial charge in [-0.25, -0.2) is 0 Å². The van der Waals surface area contributed by atoms with Crippen molar-refractivity contribution in [3.8, 4) is 0 Å². The predicted octanol–water partition coefficient (Wildman–Crippen LogP) is 10.5. The number of carbonyl (C=O) groups excluding carboxylic acids is 1. The van der Waals surface area contributed by atoms with Crippen LogP contribution in [0.4, 0.5) is 0 Å². The van der Waals surface area contributed by atoms with E-state index in [0.717, 1.165) is 43.4 Å². The molecule has 0 bridgehead atoms. The molecule has 10 atom stereocenters. The molecule has 6 heteroatoms. The molecule has 2 aromatic carbocycles. The summed E-state index contributed by atoms with van der Waals surface area (Å²) in [6, 6.07) is 22.4. The molecule has 6 rings (SSSR count). The van der Waals surface area contributed by atoms with E-state index >= 15 is 0 Å². The van der Waals surface area contributed by atoms with E-state index in [-0.39, 0.29) is 46.8 Å². The third kappa shape index (κ3) is 7.72. The van der Waals surface area contributed by atoms with Crippen LogP contribution in [-0.4, -0.2) is 47.0 Å². The van der Waals surface area contributed by atoms with Gasteiger partial charge in [0.2, 0.25) is 0 Å². The van der Waals surface area contributed by atoms with Gasteiger partial charge in [0.25, 0.3) is 8.32 Å². The molecule has 4 aliphatic rings. The molecule has 0 spiro atoms. The van der Waals surface area contributed by atoms with Gasteiger partial charge >= 0.3 is 5.97 Å². The summed E-state index contributed by atoms with van der Waals surface area (Å²) in [5.41, 5.74) is 2.21. The van der Waals surface area contributed by atoms with Gasteiger partial charge in [-0.1, -0.05) is 127 Å². The van der Waals surface area contributed by atoms with Gasteiger partial charge in [0, 0.05) is 13.2 Å². The number of esters is 1. The summed E-state index contributed by atoms with van der Waals surface area (Å²) in [4.78, 5) is 13.0. The molecule has 5 nitrogen and oxygen atoms in total. The van der Waals surface area contributed by atoms with Crippen LogP contribution in [0.3, 0.4) is 0 Å². The first-order valence-electron chi connectivity index (χ1n) is 21.6. The number of hydrogen-bond donors (Lipinski definition) is 0. The molecule has 4 aliphatic carbocycles. The van der Waals surface area contributed by atoms with Crippen LogP contribution in [0.5, 0.6) is 0 Å². The average molecular weight is 757 g/mol. The molecule has 0 N–H and O–H groups in total. The number of ether oxygens (including phenoxy) is 3. The molecule has 0 aliphatic heterocycles. The monoisotopic (exact) mass is 757 g/mol. The first-order chi connectivity index (χ1) is 25.8. The Morgan fingerprint density at radius 1 is 0.907 bits per heavy atom. The van der Waals surface area contributed by atoms with Crippen molar-refractivity contribution in [3.05, 3.63) is 72.3 Å². The minimum Gasteiger partial charge on any atom is -0.466 e. The topological polar surface area (TPSA) is 54.0 Å². The van der Waals surface area contributed by atoms with Crippen molar-refractivity contribution >= 4 is 24.7 Å². The quantitative estimate of drug-likeness (QED) is 0.0784. The van der Waals surface area contributed by atoms with Crippen molar-refractivity contribution < 1.29 is 23.4 Å². The fraction of sp³-hybridized carbons (Fsp3) is 0.688. The third-order valence-electron chi connectivity index (χ3n) is 15.3. The maximum absolute atomic E-state index is 13.0. The Kier molecular flexibility index (Phi) is 13.1. The zero-order valence-electron chi connectivity index (χ0n) is 35.2. The first-order valence-corrected chi connectivity index (χ1v) is 23.5. The standard InChI is InChI=1S/C48H72O5Si/c1-10-18-35(45(49)51-11-2)31-44(52-33-50-9)34(3)41-25-26-42-40-24-23-36-32-37(27-29-47(36,7)43(40)28-30-48(41,42)8)53-54(46(4,5)6,38-19-14-12-15-20-38)39-21-16-13-17-22-39/h12-17,19-23,34-35,37,40-44H,10-11,18,24-33H2,1-9H3/t34-,35-,37-,40-,41+,42-,43-,44-,47-,48+/m0/s1. The van der Waals surface area contributed by atoms with Crippen molar-refractivity contribution in [2.75, 3.05) is 20.5 Å². The van der Waals surface area contributed by atoms with Gasteiger partial charge in [0.15, 0.2) is 0 Å². The maximum Gasteiger partial charge on any atom is 0.309 e. The van der Waals surface area contributed by atoms with Crippen LogP contribution < -0.4 is 10.4 Å². The summed E-state index contributed by atoms with van der Waals surface area (Å²) in [6.07, 6.45) is 15.2. The molecule has 298 valence electrons. The Hall–Kier alpha value is -2.25. The lowest BCUT2D eigenvalue weighted by Gasteiger charge is -2.59. The van der Waals surface area contributed by atoms with Crippen molar-refractivity contribution in [2.24, 2.45) is 46.3 Å². The molecule has 2 aromatic rings. The second kappa shape index (κ2) is 17.1. The molecule has 0 aromatic heterocycles. The van der Waals surface area contributed by atoms with Gasteiger partial charge in [-0.15, -0.1) is 0 Å². The summed E-state index contributed by atoms with van der Waals surface area (Å²) >= 11 is 0. The van der Waals surface area contributed by atoms with Crippen LogP contribution in [0.1, 0.15) is 126 Å². The summed E-state index contributed by atoms with van der Waals surface area (Å²) < 4.78 is 25.2. The van der Waals surface area contributed by atoms with E-state index in [0.29, 0.717) is 24.9 Å². The molecule has 0 amide bonds. The molecule has 0 unspecified atom stereocenters. The zero-order valence-corrected chi connectivity index (χ0v) is 36.2. The van der Waals surface area contributed by atoms with Crippen molar-refractivity contribution in [3.63, 3.8) is 0 Å². The van der Waals surface area contributed by atoms with Gasteiger partial charge in [-0.2, -0.15) is 0 Å². The van der Waals surface area contributed by atoms with Crippen LogP contribution in [0.2, 0.25) is 5.04 Å². The number of allylic oxidation sites excluding steroid dienone is 1. The Bertz CT molecular complexity index is 1510. The van der Waals surface area contributed by atoms with Gasteiger partial charge < -0.3 is 18.6 Å². The van der Waals surface area contributed by atoms with Crippen molar-refractivity contribution in [2.45, 2.75) is 143 Å². The Morgan fingerprint density at radius 3 is 2.17 bits per heavy atom. The molecular weight excluding hydrogens is 685 g/mol. The van der Waals surface area contributed by atoms with E-state index in [1.165, 1.54) is 48.9 Å². The lowest BCUT2D eigenvalue weighted by Crippen LogP contribution is -2.68. The number of carbonyl (C=O) groups is 1. The summed E-state index contributed by atoms with van der Waals surface area (Å²) in [5.74, 6) is 2.91. The second-order valence-corrected chi connectivity index (χ2v) is 23.3. The van der Waals surface area contributed by atoms with E-state index in [2.05, 4.69) is 115 Å². The Balaban J connectivity index is 1.22. The first kappa shape index (κ1) is 41.4. The van der Waals surface area contributed by atoms with Crippen LogP contribution in [0.15, 0.2) is 72.3 Å². The third-order valence-corrected chi connectivity index (χ3v) is 20.4. The molecule has 0 heterocycles. The number of benzene rings is 2.